The first kappa shape index (κ1) is 17.1. The van der Waals surface area contributed by atoms with E-state index in [1.54, 1.807) is 0 Å². The molecule has 2 saturated heterocycles. The first-order valence-corrected chi connectivity index (χ1v) is 10.3. The Morgan fingerprint density at radius 3 is 2.60 bits per heavy atom. The maximum Gasteiger partial charge on any atom is 0.256 e. The fourth-order valence-electron chi connectivity index (χ4n) is 3.89. The summed E-state index contributed by atoms with van der Waals surface area (Å²) < 4.78 is 0. The molecule has 2 aliphatic heterocycles. The van der Waals surface area contributed by atoms with Crippen molar-refractivity contribution in [1.29, 1.82) is 0 Å². The quantitative estimate of drug-likeness (QED) is 0.857. The molecule has 7 heteroatoms. The highest BCUT2D eigenvalue weighted by Crippen LogP contribution is 2.32. The van der Waals surface area contributed by atoms with Gasteiger partial charge in [-0.15, -0.1) is 11.3 Å². The van der Waals surface area contributed by atoms with Crippen molar-refractivity contribution in [2.75, 3.05) is 26.2 Å². The van der Waals surface area contributed by atoms with Crippen molar-refractivity contribution in [1.82, 2.24) is 20.4 Å². The van der Waals surface area contributed by atoms with Crippen LogP contribution in [0.15, 0.2) is 16.8 Å². The molecule has 25 heavy (non-hydrogen) atoms. The summed E-state index contributed by atoms with van der Waals surface area (Å²) in [5.74, 6) is 1.10. The molecule has 4 heterocycles. The average molecular weight is 379 g/mol. The van der Waals surface area contributed by atoms with Crippen molar-refractivity contribution in [2.24, 2.45) is 0 Å². The molecule has 0 unspecified atom stereocenters. The van der Waals surface area contributed by atoms with Crippen LogP contribution in [0.25, 0.3) is 0 Å². The second kappa shape index (κ2) is 7.48. The van der Waals surface area contributed by atoms with Gasteiger partial charge in [0.15, 0.2) is 0 Å². The molecule has 0 spiro atoms. The van der Waals surface area contributed by atoms with E-state index in [1.165, 1.54) is 35.6 Å². The Bertz CT molecular complexity index is 729. The number of hydrogen-bond donors (Lipinski definition) is 2. The van der Waals surface area contributed by atoms with Crippen molar-refractivity contribution < 1.29 is 4.79 Å². The van der Waals surface area contributed by atoms with Crippen LogP contribution in [0, 0.1) is 0 Å². The number of aromatic amines is 1. The molecule has 2 fully saturated rings. The molecule has 2 aromatic heterocycles. The Balaban J connectivity index is 1.36. The van der Waals surface area contributed by atoms with E-state index >= 15 is 0 Å². The minimum atomic E-state index is 0.0599. The second-order valence-corrected chi connectivity index (χ2v) is 8.12. The number of thiophene rings is 1. The van der Waals surface area contributed by atoms with Gasteiger partial charge in [-0.25, -0.2) is 0 Å². The highest BCUT2D eigenvalue weighted by molar-refractivity contribution is 7.08. The highest BCUT2D eigenvalue weighted by Gasteiger charge is 2.27. The van der Waals surface area contributed by atoms with Crippen LogP contribution >= 0.6 is 22.9 Å². The Kier molecular flexibility index (Phi) is 5.10. The Hall–Kier alpha value is -1.37. The van der Waals surface area contributed by atoms with E-state index in [0.29, 0.717) is 22.4 Å². The molecule has 0 saturated carbocycles. The molecule has 0 aromatic carbocycles. The zero-order chi connectivity index (χ0) is 17.2. The number of likely N-dealkylation sites (tertiary alicyclic amines) is 1. The number of H-pyrrole nitrogens is 1. The molecular formula is C18H23ClN4OS. The molecule has 0 atom stereocenters. The molecule has 2 aromatic rings. The van der Waals surface area contributed by atoms with Crippen LogP contribution < -0.4 is 5.32 Å². The summed E-state index contributed by atoms with van der Waals surface area (Å²) in [5.41, 5.74) is 3.08. The summed E-state index contributed by atoms with van der Waals surface area (Å²) in [5, 5.41) is 15.5. The predicted molar refractivity (Wildman–Crippen MR) is 101 cm³/mol. The first-order valence-electron chi connectivity index (χ1n) is 8.99. The van der Waals surface area contributed by atoms with Crippen LogP contribution in [0.5, 0.6) is 0 Å². The summed E-state index contributed by atoms with van der Waals surface area (Å²) in [6, 6.07) is 2.26. The summed E-state index contributed by atoms with van der Waals surface area (Å²) in [4.78, 5) is 14.5. The van der Waals surface area contributed by atoms with Crippen LogP contribution in [0.1, 0.15) is 59.3 Å². The minimum Gasteiger partial charge on any atom is -0.339 e. The lowest BCUT2D eigenvalue weighted by atomic mass is 9.90. The van der Waals surface area contributed by atoms with Gasteiger partial charge in [-0.05, 0) is 44.8 Å². The Labute approximate surface area is 156 Å². The van der Waals surface area contributed by atoms with E-state index in [0.717, 1.165) is 39.0 Å². The van der Waals surface area contributed by atoms with Gasteiger partial charge in [0.1, 0.15) is 0 Å². The van der Waals surface area contributed by atoms with Gasteiger partial charge < -0.3 is 10.2 Å². The first-order chi connectivity index (χ1) is 12.2. The van der Waals surface area contributed by atoms with Crippen LogP contribution in [-0.2, 0) is 0 Å². The maximum atomic E-state index is 12.6. The van der Waals surface area contributed by atoms with Crippen molar-refractivity contribution in [3.05, 3.63) is 38.8 Å². The number of carbonyl (C=O) groups excluding carboxylic acids is 1. The Morgan fingerprint density at radius 1 is 1.16 bits per heavy atom. The Morgan fingerprint density at radius 2 is 1.92 bits per heavy atom. The van der Waals surface area contributed by atoms with Gasteiger partial charge in [-0.3, -0.25) is 9.89 Å². The minimum absolute atomic E-state index is 0.0599. The molecular weight excluding hydrogens is 356 g/mol. The fraction of sp³-hybridized carbons (Fsp3) is 0.556. The van der Waals surface area contributed by atoms with Crippen LogP contribution in [0.3, 0.4) is 0 Å². The molecule has 1 amide bonds. The lowest BCUT2D eigenvalue weighted by Crippen LogP contribution is -2.37. The van der Waals surface area contributed by atoms with Crippen LogP contribution in [0.4, 0.5) is 0 Å². The van der Waals surface area contributed by atoms with E-state index in [1.807, 2.05) is 15.7 Å². The maximum absolute atomic E-state index is 12.6. The highest BCUT2D eigenvalue weighted by atomic mass is 35.5. The molecule has 0 bridgehead atoms. The number of amides is 1. The molecule has 5 nitrogen and oxygen atoms in total. The van der Waals surface area contributed by atoms with Gasteiger partial charge in [0.2, 0.25) is 0 Å². The van der Waals surface area contributed by atoms with E-state index < -0.39 is 0 Å². The number of aromatic nitrogens is 2. The number of piperidine rings is 2. The molecule has 134 valence electrons. The summed E-state index contributed by atoms with van der Waals surface area (Å²) >= 11 is 7.58. The molecule has 2 N–H and O–H groups in total. The number of halogens is 1. The smallest absolute Gasteiger partial charge is 0.256 e. The third-order valence-corrected chi connectivity index (χ3v) is 6.63. The third-order valence-electron chi connectivity index (χ3n) is 5.44. The van der Waals surface area contributed by atoms with Gasteiger partial charge in [-0.2, -0.15) is 5.10 Å². The monoisotopic (exact) mass is 378 g/mol. The molecule has 4 rings (SSSR count). The van der Waals surface area contributed by atoms with Gasteiger partial charge in [0, 0.05) is 41.4 Å². The van der Waals surface area contributed by atoms with Gasteiger partial charge >= 0.3 is 0 Å². The summed E-state index contributed by atoms with van der Waals surface area (Å²) in [7, 11) is 0. The van der Waals surface area contributed by atoms with E-state index in [-0.39, 0.29) is 5.91 Å². The zero-order valence-electron chi connectivity index (χ0n) is 14.1. The van der Waals surface area contributed by atoms with E-state index in [2.05, 4.69) is 21.6 Å². The molecule has 0 radical (unpaired) electrons. The fourth-order valence-corrected chi connectivity index (χ4v) is 4.92. The number of rotatable bonds is 3. The van der Waals surface area contributed by atoms with Crippen molar-refractivity contribution in [3.63, 3.8) is 0 Å². The predicted octanol–water partition coefficient (Wildman–Crippen LogP) is 3.61. The zero-order valence-corrected chi connectivity index (χ0v) is 15.7. The van der Waals surface area contributed by atoms with Crippen molar-refractivity contribution in [3.8, 4) is 0 Å². The van der Waals surface area contributed by atoms with Crippen LogP contribution in [-0.4, -0.2) is 47.2 Å². The SMILES string of the molecule is O=C(c1cscc1Cl)N1CCC(c2cc(C3CCNCC3)n[nH]2)CC1. The lowest BCUT2D eigenvalue weighted by Gasteiger charge is -2.31. The van der Waals surface area contributed by atoms with Gasteiger partial charge in [-0.1, -0.05) is 11.6 Å². The average Bonchev–Trinajstić information content (AvgIpc) is 3.31. The molecule has 2 aliphatic rings. The third kappa shape index (κ3) is 3.61. The summed E-state index contributed by atoms with van der Waals surface area (Å²) in [6.45, 7) is 3.71. The normalized spacial score (nSPS) is 20.1. The van der Waals surface area contributed by atoms with Crippen molar-refractivity contribution in [2.45, 2.75) is 37.5 Å². The van der Waals surface area contributed by atoms with E-state index in [4.69, 9.17) is 11.6 Å². The van der Waals surface area contributed by atoms with Gasteiger partial charge in [0.05, 0.1) is 16.3 Å². The standard InChI is InChI=1S/C18H23ClN4OS/c19-15-11-25-10-14(15)18(24)23-7-3-13(4-8-23)17-9-16(21-22-17)12-1-5-20-6-2-12/h9-13,20H,1-8H2,(H,21,22). The largest absolute Gasteiger partial charge is 0.339 e. The topological polar surface area (TPSA) is 61.0 Å². The second-order valence-electron chi connectivity index (χ2n) is 6.97. The number of nitrogens with zero attached hydrogens (tertiary/aromatic N) is 2. The summed E-state index contributed by atoms with van der Waals surface area (Å²) in [6.07, 6.45) is 4.28. The number of nitrogens with one attached hydrogen (secondary N) is 2. The van der Waals surface area contributed by atoms with Crippen molar-refractivity contribution >= 4 is 28.8 Å². The van der Waals surface area contributed by atoms with E-state index in [9.17, 15) is 4.79 Å². The number of carbonyl (C=O) groups is 1. The van der Waals surface area contributed by atoms with Crippen LogP contribution in [0.2, 0.25) is 5.02 Å². The lowest BCUT2D eigenvalue weighted by molar-refractivity contribution is 0.0713. The molecule has 0 aliphatic carbocycles. The number of hydrogen-bond acceptors (Lipinski definition) is 4. The van der Waals surface area contributed by atoms with Gasteiger partial charge in [0.25, 0.3) is 5.91 Å².